The number of carbonyl (C=O) groups is 1. The number of rotatable bonds is 3. The second kappa shape index (κ2) is 5.68. The second-order valence-corrected chi connectivity index (χ2v) is 8.29. The molecule has 3 nitrogen and oxygen atoms in total. The van der Waals surface area contributed by atoms with E-state index in [2.05, 4.69) is 13.8 Å². The minimum Gasteiger partial charge on any atom is -0.294 e. The maximum absolute atomic E-state index is 12.5. The van der Waals surface area contributed by atoms with Crippen molar-refractivity contribution in [3.63, 3.8) is 0 Å². The SMILES string of the molecule is CC1CC(C)CC(C(=O)c2ccc(S(C)(=O)=O)cc2)C1. The molecule has 0 saturated heterocycles. The number of sulfone groups is 1. The number of hydrogen-bond donors (Lipinski definition) is 0. The van der Waals surface area contributed by atoms with Crippen LogP contribution < -0.4 is 0 Å². The summed E-state index contributed by atoms with van der Waals surface area (Å²) in [5.74, 6) is 1.41. The number of hydrogen-bond acceptors (Lipinski definition) is 3. The maximum Gasteiger partial charge on any atom is 0.175 e. The Bertz CT molecular complexity index is 577. The van der Waals surface area contributed by atoms with Crippen molar-refractivity contribution in [2.45, 2.75) is 38.0 Å². The van der Waals surface area contributed by atoms with Gasteiger partial charge in [-0.05, 0) is 43.2 Å². The van der Waals surface area contributed by atoms with Crippen LogP contribution in [0.5, 0.6) is 0 Å². The molecule has 1 aliphatic carbocycles. The van der Waals surface area contributed by atoms with E-state index in [1.807, 2.05) is 0 Å². The van der Waals surface area contributed by atoms with Gasteiger partial charge in [-0.1, -0.05) is 26.0 Å². The van der Waals surface area contributed by atoms with Gasteiger partial charge in [-0.25, -0.2) is 8.42 Å². The lowest BCUT2D eigenvalue weighted by Crippen LogP contribution is -2.26. The molecule has 0 amide bonds. The summed E-state index contributed by atoms with van der Waals surface area (Å²) < 4.78 is 22.8. The van der Waals surface area contributed by atoms with Crippen LogP contribution >= 0.6 is 0 Å². The lowest BCUT2D eigenvalue weighted by molar-refractivity contribution is 0.0836. The van der Waals surface area contributed by atoms with E-state index in [9.17, 15) is 13.2 Å². The highest BCUT2D eigenvalue weighted by molar-refractivity contribution is 7.90. The fourth-order valence-electron chi connectivity index (χ4n) is 3.26. The van der Waals surface area contributed by atoms with Gasteiger partial charge in [-0.15, -0.1) is 0 Å². The Morgan fingerprint density at radius 3 is 1.95 bits per heavy atom. The Balaban J connectivity index is 2.17. The van der Waals surface area contributed by atoms with E-state index < -0.39 is 9.84 Å². The predicted molar refractivity (Wildman–Crippen MR) is 79.6 cm³/mol. The number of Topliss-reactive ketones (excluding diaryl/α,β-unsaturated/α-hetero) is 1. The minimum atomic E-state index is -3.20. The molecule has 2 atom stereocenters. The highest BCUT2D eigenvalue weighted by Gasteiger charge is 2.29. The largest absolute Gasteiger partial charge is 0.294 e. The molecule has 0 radical (unpaired) electrons. The molecule has 20 heavy (non-hydrogen) atoms. The lowest BCUT2D eigenvalue weighted by Gasteiger charge is -2.30. The molecule has 1 aromatic carbocycles. The molecule has 0 heterocycles. The normalized spacial score (nSPS) is 27.2. The Morgan fingerprint density at radius 2 is 1.50 bits per heavy atom. The van der Waals surface area contributed by atoms with Crippen molar-refractivity contribution in [1.29, 1.82) is 0 Å². The quantitative estimate of drug-likeness (QED) is 0.803. The second-order valence-electron chi connectivity index (χ2n) is 6.28. The average molecular weight is 294 g/mol. The molecule has 1 aliphatic rings. The third-order valence-corrected chi connectivity index (χ3v) is 5.24. The Hall–Kier alpha value is -1.16. The highest BCUT2D eigenvalue weighted by atomic mass is 32.2. The first kappa shape index (κ1) is 15.2. The van der Waals surface area contributed by atoms with Crippen molar-refractivity contribution in [2.24, 2.45) is 17.8 Å². The molecule has 4 heteroatoms. The molecule has 0 N–H and O–H groups in total. The first-order valence-electron chi connectivity index (χ1n) is 7.11. The van der Waals surface area contributed by atoms with Gasteiger partial charge in [0.25, 0.3) is 0 Å². The van der Waals surface area contributed by atoms with Gasteiger partial charge in [0.05, 0.1) is 4.90 Å². The van der Waals surface area contributed by atoms with Crippen molar-refractivity contribution in [3.05, 3.63) is 29.8 Å². The summed E-state index contributed by atoms with van der Waals surface area (Å²) >= 11 is 0. The molecule has 0 aromatic heterocycles. The van der Waals surface area contributed by atoms with Crippen LogP contribution in [0.15, 0.2) is 29.2 Å². The third-order valence-electron chi connectivity index (χ3n) is 4.12. The molecular weight excluding hydrogens is 272 g/mol. The van der Waals surface area contributed by atoms with Crippen LogP contribution in [0.2, 0.25) is 0 Å². The summed E-state index contributed by atoms with van der Waals surface area (Å²) in [7, 11) is -3.20. The summed E-state index contributed by atoms with van der Waals surface area (Å²) in [6.07, 6.45) is 4.25. The summed E-state index contributed by atoms with van der Waals surface area (Å²) in [6, 6.07) is 6.34. The molecule has 1 saturated carbocycles. The molecule has 0 bridgehead atoms. The van der Waals surface area contributed by atoms with E-state index in [0.29, 0.717) is 17.4 Å². The molecule has 110 valence electrons. The van der Waals surface area contributed by atoms with E-state index in [4.69, 9.17) is 0 Å². The summed E-state index contributed by atoms with van der Waals surface area (Å²) in [5.41, 5.74) is 0.628. The molecule has 1 fully saturated rings. The molecule has 0 spiro atoms. The maximum atomic E-state index is 12.5. The Kier molecular flexibility index (Phi) is 4.33. The summed E-state index contributed by atoms with van der Waals surface area (Å²) in [6.45, 7) is 4.39. The van der Waals surface area contributed by atoms with E-state index >= 15 is 0 Å². The lowest BCUT2D eigenvalue weighted by atomic mass is 9.74. The zero-order valence-corrected chi connectivity index (χ0v) is 13.1. The topological polar surface area (TPSA) is 51.2 Å². The predicted octanol–water partition coefficient (Wildman–Crippen LogP) is 3.35. The standard InChI is InChI=1S/C16H22O3S/c1-11-8-12(2)10-14(9-11)16(17)13-4-6-15(7-5-13)20(3,18)19/h4-7,11-12,14H,8-10H2,1-3H3. The molecular formula is C16H22O3S. The van der Waals surface area contributed by atoms with Crippen LogP contribution in [-0.4, -0.2) is 20.5 Å². The number of ketones is 1. The van der Waals surface area contributed by atoms with Crippen molar-refractivity contribution in [3.8, 4) is 0 Å². The van der Waals surface area contributed by atoms with Crippen molar-refractivity contribution >= 4 is 15.6 Å². The van der Waals surface area contributed by atoms with E-state index in [1.54, 1.807) is 12.1 Å². The third kappa shape index (κ3) is 3.48. The number of benzene rings is 1. The smallest absolute Gasteiger partial charge is 0.175 e. The van der Waals surface area contributed by atoms with Gasteiger partial charge in [0, 0.05) is 17.7 Å². The van der Waals surface area contributed by atoms with Gasteiger partial charge in [0.2, 0.25) is 0 Å². The minimum absolute atomic E-state index is 0.0813. The van der Waals surface area contributed by atoms with Gasteiger partial charge in [0.15, 0.2) is 15.6 Å². The zero-order valence-electron chi connectivity index (χ0n) is 12.3. The molecule has 1 aromatic rings. The molecule has 2 rings (SSSR count). The average Bonchev–Trinajstić information content (AvgIpc) is 2.36. The fourth-order valence-corrected chi connectivity index (χ4v) is 3.89. The monoisotopic (exact) mass is 294 g/mol. The first-order chi connectivity index (χ1) is 9.27. The van der Waals surface area contributed by atoms with Gasteiger partial charge < -0.3 is 0 Å². The van der Waals surface area contributed by atoms with Crippen LogP contribution in [0, 0.1) is 17.8 Å². The van der Waals surface area contributed by atoms with Gasteiger partial charge in [-0.2, -0.15) is 0 Å². The van der Waals surface area contributed by atoms with Gasteiger partial charge >= 0.3 is 0 Å². The first-order valence-corrected chi connectivity index (χ1v) is 9.01. The van der Waals surface area contributed by atoms with Crippen LogP contribution in [0.1, 0.15) is 43.5 Å². The Morgan fingerprint density at radius 1 is 1.00 bits per heavy atom. The van der Waals surface area contributed by atoms with Crippen LogP contribution in [0.25, 0.3) is 0 Å². The fraction of sp³-hybridized carbons (Fsp3) is 0.562. The summed E-state index contributed by atoms with van der Waals surface area (Å²) in [5, 5.41) is 0. The van der Waals surface area contributed by atoms with E-state index in [-0.39, 0.29) is 16.6 Å². The number of carbonyl (C=O) groups excluding carboxylic acids is 1. The van der Waals surface area contributed by atoms with E-state index in [1.165, 1.54) is 24.8 Å². The Labute approximate surface area is 121 Å². The van der Waals surface area contributed by atoms with Gasteiger partial charge in [-0.3, -0.25) is 4.79 Å². The van der Waals surface area contributed by atoms with Crippen molar-refractivity contribution in [1.82, 2.24) is 0 Å². The highest BCUT2D eigenvalue weighted by Crippen LogP contribution is 2.34. The zero-order chi connectivity index (χ0) is 14.9. The van der Waals surface area contributed by atoms with Crippen molar-refractivity contribution in [2.75, 3.05) is 6.26 Å². The van der Waals surface area contributed by atoms with E-state index in [0.717, 1.165) is 12.8 Å². The van der Waals surface area contributed by atoms with Gasteiger partial charge in [0.1, 0.15) is 0 Å². The van der Waals surface area contributed by atoms with Crippen molar-refractivity contribution < 1.29 is 13.2 Å². The van der Waals surface area contributed by atoms with Crippen LogP contribution in [-0.2, 0) is 9.84 Å². The molecule has 2 unspecified atom stereocenters. The van der Waals surface area contributed by atoms with Crippen LogP contribution in [0.4, 0.5) is 0 Å². The summed E-state index contributed by atoms with van der Waals surface area (Å²) in [4.78, 5) is 12.8. The molecule has 0 aliphatic heterocycles. The van der Waals surface area contributed by atoms with Crippen LogP contribution in [0.3, 0.4) is 0 Å².